The molecular weight excluding hydrogens is 390 g/mol. The molecule has 0 aliphatic carbocycles. The van der Waals surface area contributed by atoms with E-state index in [-0.39, 0.29) is 16.3 Å². The van der Waals surface area contributed by atoms with Crippen LogP contribution in [-0.4, -0.2) is 16.1 Å². The maximum Gasteiger partial charge on any atom is 0.155 e. The molecule has 116 valence electrons. The largest absolute Gasteiger partial charge is 0.298 e. The van der Waals surface area contributed by atoms with Crippen LogP contribution in [0.5, 0.6) is 0 Å². The molecule has 2 aromatic carbocycles. The van der Waals surface area contributed by atoms with Crippen LogP contribution < -0.4 is 0 Å². The highest BCUT2D eigenvalue weighted by Crippen LogP contribution is 2.34. The second kappa shape index (κ2) is 6.22. The van der Waals surface area contributed by atoms with Crippen LogP contribution in [0.3, 0.4) is 0 Å². The Bertz CT molecular complexity index is 911. The quantitative estimate of drug-likeness (QED) is 0.580. The number of hydrogen-bond donors (Lipinski definition) is 0. The van der Waals surface area contributed by atoms with Crippen molar-refractivity contribution in [1.82, 2.24) is 9.78 Å². The van der Waals surface area contributed by atoms with Gasteiger partial charge in [0.1, 0.15) is 21.9 Å². The summed E-state index contributed by atoms with van der Waals surface area (Å²) in [5, 5.41) is 4.45. The molecule has 3 nitrogen and oxygen atoms in total. The van der Waals surface area contributed by atoms with Crippen molar-refractivity contribution < 1.29 is 13.6 Å². The minimum atomic E-state index is -0.491. The summed E-state index contributed by atoms with van der Waals surface area (Å²) in [4.78, 5) is 11.4. The molecule has 0 spiro atoms. The summed E-state index contributed by atoms with van der Waals surface area (Å²) >= 11 is 9.33. The van der Waals surface area contributed by atoms with Crippen molar-refractivity contribution in [1.29, 1.82) is 0 Å². The van der Waals surface area contributed by atoms with Gasteiger partial charge in [-0.15, -0.1) is 0 Å². The second-order valence-electron chi connectivity index (χ2n) is 4.69. The molecule has 0 aliphatic heterocycles. The van der Waals surface area contributed by atoms with E-state index in [4.69, 9.17) is 11.6 Å². The highest BCUT2D eigenvalue weighted by molar-refractivity contribution is 9.10. The fraction of sp³-hybridized carbons (Fsp3) is 0. The van der Waals surface area contributed by atoms with E-state index in [1.165, 1.54) is 35.0 Å². The zero-order chi connectivity index (χ0) is 16.6. The van der Waals surface area contributed by atoms with Crippen molar-refractivity contribution in [3.05, 3.63) is 69.3 Å². The van der Waals surface area contributed by atoms with Gasteiger partial charge in [0.2, 0.25) is 0 Å². The van der Waals surface area contributed by atoms with Gasteiger partial charge >= 0.3 is 0 Å². The van der Waals surface area contributed by atoms with Crippen molar-refractivity contribution >= 4 is 33.8 Å². The first-order chi connectivity index (χ1) is 11.0. The molecule has 0 amide bonds. The van der Waals surface area contributed by atoms with E-state index in [0.717, 1.165) is 6.07 Å². The molecular formula is C16H8BrClF2N2O. The zero-order valence-corrected chi connectivity index (χ0v) is 13.8. The van der Waals surface area contributed by atoms with Gasteiger partial charge in [-0.3, -0.25) is 4.79 Å². The number of aldehydes is 1. The number of rotatable bonds is 3. The topological polar surface area (TPSA) is 34.9 Å². The Balaban J connectivity index is 2.23. The van der Waals surface area contributed by atoms with Gasteiger partial charge in [-0.1, -0.05) is 17.7 Å². The van der Waals surface area contributed by atoms with Crippen molar-refractivity contribution in [3.8, 4) is 16.9 Å². The van der Waals surface area contributed by atoms with Gasteiger partial charge < -0.3 is 0 Å². The monoisotopic (exact) mass is 396 g/mol. The lowest BCUT2D eigenvalue weighted by atomic mass is 10.1. The fourth-order valence-corrected chi connectivity index (χ4v) is 3.00. The molecule has 7 heteroatoms. The predicted molar refractivity (Wildman–Crippen MR) is 87.0 cm³/mol. The maximum atomic E-state index is 13.4. The standard InChI is InChI=1S/C16H8BrClF2N2O/c17-16-13(8-23)15(12-5-4-10(20)7-14(12)18)21-22(16)11-3-1-2-9(19)6-11/h1-8H. The number of carbonyl (C=O) groups excluding carboxylic acids is 1. The predicted octanol–water partition coefficient (Wildman–Crippen LogP) is 5.05. The van der Waals surface area contributed by atoms with E-state index < -0.39 is 11.6 Å². The maximum absolute atomic E-state index is 13.4. The number of nitrogens with zero attached hydrogens (tertiary/aromatic N) is 2. The first kappa shape index (κ1) is 15.8. The number of hydrogen-bond acceptors (Lipinski definition) is 2. The molecule has 0 N–H and O–H groups in total. The summed E-state index contributed by atoms with van der Waals surface area (Å²) in [6.45, 7) is 0. The number of benzene rings is 2. The van der Waals surface area contributed by atoms with Crippen molar-refractivity contribution in [2.45, 2.75) is 0 Å². The van der Waals surface area contributed by atoms with Crippen LogP contribution in [0.2, 0.25) is 5.02 Å². The smallest absolute Gasteiger partial charge is 0.155 e. The summed E-state index contributed by atoms with van der Waals surface area (Å²) in [5.74, 6) is -0.922. The first-order valence-electron chi connectivity index (χ1n) is 6.46. The second-order valence-corrected chi connectivity index (χ2v) is 5.85. The van der Waals surface area contributed by atoms with Gasteiger partial charge in [0.25, 0.3) is 0 Å². The van der Waals surface area contributed by atoms with Gasteiger partial charge in [0, 0.05) is 5.56 Å². The lowest BCUT2D eigenvalue weighted by Crippen LogP contribution is -1.97. The van der Waals surface area contributed by atoms with Gasteiger partial charge in [-0.25, -0.2) is 13.5 Å². The first-order valence-corrected chi connectivity index (χ1v) is 7.63. The third-order valence-corrected chi connectivity index (χ3v) is 4.30. The fourth-order valence-electron chi connectivity index (χ4n) is 2.17. The van der Waals surface area contributed by atoms with Gasteiger partial charge in [-0.2, -0.15) is 5.10 Å². The van der Waals surface area contributed by atoms with Crippen molar-refractivity contribution in [3.63, 3.8) is 0 Å². The molecule has 3 aromatic rings. The molecule has 1 heterocycles. The van der Waals surface area contributed by atoms with Crippen LogP contribution in [0.25, 0.3) is 16.9 Å². The Morgan fingerprint density at radius 3 is 2.52 bits per heavy atom. The Kier molecular flexibility index (Phi) is 4.28. The Labute approximate surface area is 143 Å². The van der Waals surface area contributed by atoms with Crippen LogP contribution in [0.4, 0.5) is 8.78 Å². The lowest BCUT2D eigenvalue weighted by molar-refractivity contribution is 0.112. The average Bonchev–Trinajstić information content (AvgIpc) is 2.84. The lowest BCUT2D eigenvalue weighted by Gasteiger charge is -2.03. The van der Waals surface area contributed by atoms with Crippen LogP contribution in [0.1, 0.15) is 10.4 Å². The summed E-state index contributed by atoms with van der Waals surface area (Å²) in [6.07, 6.45) is 0.613. The molecule has 1 aromatic heterocycles. The molecule has 0 saturated heterocycles. The molecule has 0 radical (unpaired) electrons. The summed E-state index contributed by atoms with van der Waals surface area (Å²) in [6, 6.07) is 9.57. The van der Waals surface area contributed by atoms with E-state index in [9.17, 15) is 13.6 Å². The third-order valence-electron chi connectivity index (χ3n) is 3.22. The normalized spacial score (nSPS) is 10.8. The number of halogens is 4. The third kappa shape index (κ3) is 2.92. The van der Waals surface area contributed by atoms with Gasteiger partial charge in [0.05, 0.1) is 16.3 Å². The Hall–Kier alpha value is -2.05. The molecule has 3 rings (SSSR count). The number of aromatic nitrogens is 2. The van der Waals surface area contributed by atoms with Crippen LogP contribution in [-0.2, 0) is 0 Å². The van der Waals surface area contributed by atoms with E-state index in [1.54, 1.807) is 6.07 Å². The average molecular weight is 398 g/mol. The molecule has 0 atom stereocenters. The number of carbonyl (C=O) groups is 1. The molecule has 0 bridgehead atoms. The Morgan fingerprint density at radius 2 is 1.87 bits per heavy atom. The molecule has 0 aliphatic rings. The van der Waals surface area contributed by atoms with Crippen molar-refractivity contribution in [2.75, 3.05) is 0 Å². The van der Waals surface area contributed by atoms with E-state index in [0.29, 0.717) is 22.1 Å². The van der Waals surface area contributed by atoms with Gasteiger partial charge in [-0.05, 0) is 52.3 Å². The van der Waals surface area contributed by atoms with E-state index in [1.807, 2.05) is 0 Å². The van der Waals surface area contributed by atoms with E-state index >= 15 is 0 Å². The minimum Gasteiger partial charge on any atom is -0.298 e. The van der Waals surface area contributed by atoms with Crippen LogP contribution in [0.15, 0.2) is 47.1 Å². The molecule has 23 heavy (non-hydrogen) atoms. The van der Waals surface area contributed by atoms with Crippen LogP contribution >= 0.6 is 27.5 Å². The SMILES string of the molecule is O=Cc1c(-c2ccc(F)cc2Cl)nn(-c2cccc(F)c2)c1Br. The molecule has 0 unspecified atom stereocenters. The summed E-state index contributed by atoms with van der Waals surface area (Å²) < 4.78 is 28.4. The van der Waals surface area contributed by atoms with Crippen molar-refractivity contribution in [2.24, 2.45) is 0 Å². The molecule has 0 fully saturated rings. The summed E-state index contributed by atoms with van der Waals surface area (Å²) in [7, 11) is 0. The summed E-state index contributed by atoms with van der Waals surface area (Å²) in [5.41, 5.74) is 1.36. The highest BCUT2D eigenvalue weighted by Gasteiger charge is 2.20. The highest BCUT2D eigenvalue weighted by atomic mass is 79.9. The zero-order valence-electron chi connectivity index (χ0n) is 11.4. The molecule has 0 saturated carbocycles. The minimum absolute atomic E-state index is 0.129. The van der Waals surface area contributed by atoms with E-state index in [2.05, 4.69) is 21.0 Å². The van der Waals surface area contributed by atoms with Gasteiger partial charge in [0.15, 0.2) is 6.29 Å². The Morgan fingerprint density at radius 1 is 1.13 bits per heavy atom. The van der Waals surface area contributed by atoms with Crippen LogP contribution in [0, 0.1) is 11.6 Å².